The van der Waals surface area contributed by atoms with Gasteiger partial charge in [-0.15, -0.1) is 0 Å². The van der Waals surface area contributed by atoms with Crippen molar-refractivity contribution in [3.63, 3.8) is 0 Å². The Labute approximate surface area is 148 Å². The van der Waals surface area contributed by atoms with Crippen LogP contribution in [0.15, 0.2) is 11.6 Å². The lowest BCUT2D eigenvalue weighted by Gasteiger charge is -2.61. The number of carboxylic acids is 1. The van der Waals surface area contributed by atoms with Crippen LogP contribution in [0.25, 0.3) is 0 Å². The maximum absolute atomic E-state index is 12.6. The Morgan fingerprint density at radius 3 is 2.64 bits per heavy atom. The summed E-state index contributed by atoms with van der Waals surface area (Å²) in [5.74, 6) is -0.939. The van der Waals surface area contributed by atoms with Crippen LogP contribution >= 0.6 is 0 Å². The first kappa shape index (κ1) is 17.1. The lowest BCUT2D eigenvalue weighted by atomic mass is 9.43. The molecule has 4 aliphatic rings. The Kier molecular flexibility index (Phi) is 3.33. The fourth-order valence-corrected chi connectivity index (χ4v) is 6.61. The minimum absolute atomic E-state index is 0.00108. The molecular weight excluding hydrogens is 320 g/mol. The third kappa shape index (κ3) is 2.05. The highest BCUT2D eigenvalue weighted by molar-refractivity contribution is 5.80. The summed E-state index contributed by atoms with van der Waals surface area (Å²) in [5.41, 5.74) is -1.33. The van der Waals surface area contributed by atoms with Crippen LogP contribution in [-0.4, -0.2) is 33.9 Å². The van der Waals surface area contributed by atoms with Crippen molar-refractivity contribution in [2.24, 2.45) is 22.2 Å². The van der Waals surface area contributed by atoms with E-state index in [1.54, 1.807) is 0 Å². The maximum Gasteiger partial charge on any atom is 0.312 e. The molecule has 3 aliphatic carbocycles. The zero-order valence-electron chi connectivity index (χ0n) is 15.3. The number of ether oxygens (including phenoxy) is 1. The third-order valence-electron chi connectivity index (χ3n) is 7.93. The summed E-state index contributed by atoms with van der Waals surface area (Å²) in [6.07, 6.45) is 6.19. The molecule has 4 rings (SSSR count). The minimum Gasteiger partial charge on any atom is -0.481 e. The molecular formula is C20H28O5. The van der Waals surface area contributed by atoms with Crippen molar-refractivity contribution in [3.8, 4) is 0 Å². The van der Waals surface area contributed by atoms with Crippen LogP contribution < -0.4 is 0 Å². The van der Waals surface area contributed by atoms with Crippen LogP contribution in [0, 0.1) is 22.2 Å². The first-order valence-corrected chi connectivity index (χ1v) is 9.41. The standard InChI is InChI=1S/C20H28O5/c1-17(11-14(21)22)7-8-20(24)12(10-17)9-13-15-18(2,16(23)25-13)5-4-6-19(15,20)3/h9,13,15,24H,4-8,10-11H2,1-3H3,(H,21,22)/t13-,15+,17+,18+,19+,20-/m1/s1. The van der Waals surface area contributed by atoms with E-state index >= 15 is 0 Å². The molecule has 0 unspecified atom stereocenters. The SMILES string of the molecule is C[C@]1(CC(=O)O)CC[C@@]2(O)C(=C[C@H]3OC(=O)[C@@]4(C)CCC[C@@]2(C)[C@@H]34)C1. The molecule has 0 spiro atoms. The molecule has 1 aliphatic heterocycles. The van der Waals surface area contributed by atoms with Crippen molar-refractivity contribution in [3.05, 3.63) is 11.6 Å². The number of carbonyl (C=O) groups is 2. The first-order chi connectivity index (χ1) is 11.5. The highest BCUT2D eigenvalue weighted by Crippen LogP contribution is 2.68. The van der Waals surface area contributed by atoms with E-state index < -0.39 is 22.4 Å². The van der Waals surface area contributed by atoms with Crippen LogP contribution in [0.1, 0.15) is 65.7 Å². The van der Waals surface area contributed by atoms with E-state index in [1.165, 1.54) is 0 Å². The predicted octanol–water partition coefficient (Wildman–Crippen LogP) is 3.06. The lowest BCUT2D eigenvalue weighted by Crippen LogP contribution is -2.63. The van der Waals surface area contributed by atoms with Crippen LogP contribution in [0.3, 0.4) is 0 Å². The number of aliphatic hydroxyl groups is 1. The van der Waals surface area contributed by atoms with E-state index in [0.29, 0.717) is 19.3 Å². The number of rotatable bonds is 2. The van der Waals surface area contributed by atoms with Gasteiger partial charge in [0.2, 0.25) is 0 Å². The third-order valence-corrected chi connectivity index (χ3v) is 7.93. The normalized spacial score (nSPS) is 51.2. The second kappa shape index (κ2) is 4.87. The van der Waals surface area contributed by atoms with Gasteiger partial charge in [-0.25, -0.2) is 0 Å². The predicted molar refractivity (Wildman–Crippen MR) is 90.7 cm³/mol. The van der Waals surface area contributed by atoms with Gasteiger partial charge in [0.05, 0.1) is 17.4 Å². The average Bonchev–Trinajstić information content (AvgIpc) is 2.74. The van der Waals surface area contributed by atoms with Crippen LogP contribution in [0.2, 0.25) is 0 Å². The molecule has 1 heterocycles. The molecule has 0 aromatic heterocycles. The summed E-state index contributed by atoms with van der Waals surface area (Å²) in [4.78, 5) is 23.9. The molecule has 5 heteroatoms. The van der Waals surface area contributed by atoms with E-state index in [0.717, 1.165) is 24.8 Å². The Bertz CT molecular complexity index is 684. The monoisotopic (exact) mass is 348 g/mol. The Balaban J connectivity index is 1.79. The van der Waals surface area contributed by atoms with E-state index in [2.05, 4.69) is 6.92 Å². The van der Waals surface area contributed by atoms with Crippen molar-refractivity contribution in [1.29, 1.82) is 0 Å². The van der Waals surface area contributed by atoms with Crippen LogP contribution in [0.5, 0.6) is 0 Å². The van der Waals surface area contributed by atoms with Gasteiger partial charge in [-0.2, -0.15) is 0 Å². The molecule has 3 fully saturated rings. The summed E-state index contributed by atoms with van der Waals surface area (Å²) in [7, 11) is 0. The summed E-state index contributed by atoms with van der Waals surface area (Å²) in [6, 6.07) is 0. The number of carboxylic acid groups (broad SMARTS) is 1. The molecule has 1 saturated heterocycles. The van der Waals surface area contributed by atoms with Crippen LogP contribution in [0.4, 0.5) is 0 Å². The number of fused-ring (bicyclic) bond motifs is 2. The second-order valence-corrected chi connectivity index (χ2v) is 9.65. The summed E-state index contributed by atoms with van der Waals surface area (Å²) in [6.45, 7) is 6.11. The zero-order valence-corrected chi connectivity index (χ0v) is 15.3. The molecule has 2 saturated carbocycles. The minimum atomic E-state index is -0.957. The van der Waals surface area contributed by atoms with Crippen molar-refractivity contribution < 1.29 is 24.5 Å². The molecule has 0 aromatic rings. The number of hydrogen-bond donors (Lipinski definition) is 2. The topological polar surface area (TPSA) is 83.8 Å². The van der Waals surface area contributed by atoms with Gasteiger partial charge in [-0.1, -0.05) is 20.3 Å². The molecule has 5 nitrogen and oxygen atoms in total. The highest BCUT2D eigenvalue weighted by Gasteiger charge is 2.70. The number of carbonyl (C=O) groups excluding carboxylic acids is 1. The molecule has 0 bridgehead atoms. The molecule has 25 heavy (non-hydrogen) atoms. The summed E-state index contributed by atoms with van der Waals surface area (Å²) < 4.78 is 5.75. The maximum atomic E-state index is 12.6. The fourth-order valence-electron chi connectivity index (χ4n) is 6.61. The largest absolute Gasteiger partial charge is 0.481 e. The van der Waals surface area contributed by atoms with E-state index in [4.69, 9.17) is 4.74 Å². The van der Waals surface area contributed by atoms with E-state index in [9.17, 15) is 19.8 Å². The Morgan fingerprint density at radius 2 is 1.96 bits per heavy atom. The number of hydrogen-bond acceptors (Lipinski definition) is 4. The highest BCUT2D eigenvalue weighted by atomic mass is 16.6. The Hall–Kier alpha value is -1.36. The van der Waals surface area contributed by atoms with Gasteiger partial charge in [0, 0.05) is 11.3 Å². The molecule has 6 atom stereocenters. The first-order valence-electron chi connectivity index (χ1n) is 9.41. The zero-order chi connectivity index (χ0) is 18.3. The molecule has 0 aromatic carbocycles. The summed E-state index contributed by atoms with van der Waals surface area (Å²) in [5, 5.41) is 21.0. The molecule has 2 N–H and O–H groups in total. The summed E-state index contributed by atoms with van der Waals surface area (Å²) >= 11 is 0. The van der Waals surface area contributed by atoms with Gasteiger partial charge < -0.3 is 14.9 Å². The van der Waals surface area contributed by atoms with Crippen molar-refractivity contribution in [2.75, 3.05) is 0 Å². The van der Waals surface area contributed by atoms with Gasteiger partial charge >= 0.3 is 11.9 Å². The molecule has 138 valence electrons. The van der Waals surface area contributed by atoms with Crippen molar-refractivity contribution >= 4 is 11.9 Å². The van der Waals surface area contributed by atoms with Crippen molar-refractivity contribution in [1.82, 2.24) is 0 Å². The quantitative estimate of drug-likeness (QED) is 0.592. The lowest BCUT2D eigenvalue weighted by molar-refractivity contribution is -0.165. The number of aliphatic carboxylic acids is 1. The van der Waals surface area contributed by atoms with E-state index in [1.807, 2.05) is 19.9 Å². The van der Waals surface area contributed by atoms with Gasteiger partial charge in [0.1, 0.15) is 6.10 Å². The fraction of sp³-hybridized carbons (Fsp3) is 0.800. The second-order valence-electron chi connectivity index (χ2n) is 9.65. The van der Waals surface area contributed by atoms with E-state index in [-0.39, 0.29) is 29.8 Å². The van der Waals surface area contributed by atoms with Crippen LogP contribution in [-0.2, 0) is 14.3 Å². The van der Waals surface area contributed by atoms with Gasteiger partial charge in [-0.3, -0.25) is 9.59 Å². The number of esters is 1. The van der Waals surface area contributed by atoms with Crippen molar-refractivity contribution in [2.45, 2.75) is 77.4 Å². The van der Waals surface area contributed by atoms with Gasteiger partial charge in [0.15, 0.2) is 0 Å². The molecule has 0 radical (unpaired) electrons. The van der Waals surface area contributed by atoms with Gasteiger partial charge in [-0.05, 0) is 56.1 Å². The average molecular weight is 348 g/mol. The molecule has 0 amide bonds. The Morgan fingerprint density at radius 1 is 1.24 bits per heavy atom. The van der Waals surface area contributed by atoms with Gasteiger partial charge in [0.25, 0.3) is 0 Å². The smallest absolute Gasteiger partial charge is 0.312 e.